The number of allylic oxidation sites excluding steroid dienone is 1. The zero-order valence-electron chi connectivity index (χ0n) is 19.0. The number of benzene rings is 2. The highest BCUT2D eigenvalue weighted by Gasteiger charge is 2.33. The molecule has 0 spiro atoms. The molecular formula is C25H29N5O2. The van der Waals surface area contributed by atoms with Gasteiger partial charge < -0.3 is 15.4 Å². The minimum Gasteiger partial charge on any atom is -0.494 e. The molecule has 0 fully saturated rings. The molecule has 0 bridgehead atoms. The van der Waals surface area contributed by atoms with Crippen molar-refractivity contribution in [3.63, 3.8) is 0 Å². The van der Waals surface area contributed by atoms with Gasteiger partial charge in [-0.05, 0) is 62.1 Å². The SMILES string of the molecule is CCCCOc1ccc(C2C(C(=O)Nc3cccc(C)c3C)=C(C)Nc3ncnn32)cc1. The third kappa shape index (κ3) is 4.23. The first kappa shape index (κ1) is 21.6. The molecule has 2 heterocycles. The summed E-state index contributed by atoms with van der Waals surface area (Å²) in [5.74, 6) is 1.26. The highest BCUT2D eigenvalue weighted by Crippen LogP contribution is 2.36. The van der Waals surface area contributed by atoms with Crippen molar-refractivity contribution in [1.82, 2.24) is 14.8 Å². The number of fused-ring (bicyclic) bond motifs is 1. The molecule has 4 rings (SSSR count). The smallest absolute Gasteiger partial charge is 0.255 e. The highest BCUT2D eigenvalue weighted by molar-refractivity contribution is 6.06. The number of ether oxygens (including phenoxy) is 1. The lowest BCUT2D eigenvalue weighted by Crippen LogP contribution is -2.31. The van der Waals surface area contributed by atoms with E-state index in [0.717, 1.165) is 46.7 Å². The fraction of sp³-hybridized carbons (Fsp3) is 0.320. The fourth-order valence-electron chi connectivity index (χ4n) is 3.85. The molecule has 3 aromatic rings. The molecule has 166 valence electrons. The number of nitrogens with zero attached hydrogens (tertiary/aromatic N) is 3. The Morgan fingerprint density at radius 3 is 2.69 bits per heavy atom. The Balaban J connectivity index is 1.67. The van der Waals surface area contributed by atoms with Gasteiger partial charge in [0.1, 0.15) is 18.1 Å². The molecule has 1 amide bonds. The first-order chi connectivity index (χ1) is 15.5. The average Bonchev–Trinajstić information content (AvgIpc) is 3.24. The summed E-state index contributed by atoms with van der Waals surface area (Å²) < 4.78 is 7.55. The molecule has 2 N–H and O–H groups in total. The van der Waals surface area contributed by atoms with Gasteiger partial charge >= 0.3 is 0 Å². The van der Waals surface area contributed by atoms with Gasteiger partial charge in [-0.2, -0.15) is 10.1 Å². The average molecular weight is 432 g/mol. The van der Waals surface area contributed by atoms with Crippen molar-refractivity contribution >= 4 is 17.5 Å². The Hall–Kier alpha value is -3.61. The lowest BCUT2D eigenvalue weighted by atomic mass is 9.94. The van der Waals surface area contributed by atoms with Crippen molar-refractivity contribution in [2.45, 2.75) is 46.6 Å². The number of rotatable bonds is 7. The Kier molecular flexibility index (Phi) is 6.25. The number of aromatic nitrogens is 3. The second-order valence-corrected chi connectivity index (χ2v) is 8.07. The van der Waals surface area contributed by atoms with Crippen LogP contribution in [0.15, 0.2) is 60.1 Å². The van der Waals surface area contributed by atoms with Gasteiger partial charge in [-0.15, -0.1) is 0 Å². The van der Waals surface area contributed by atoms with E-state index >= 15 is 0 Å². The Labute approximate surface area is 188 Å². The fourth-order valence-corrected chi connectivity index (χ4v) is 3.85. The Morgan fingerprint density at radius 1 is 1.16 bits per heavy atom. The van der Waals surface area contributed by atoms with Gasteiger partial charge in [-0.3, -0.25) is 4.79 Å². The highest BCUT2D eigenvalue weighted by atomic mass is 16.5. The maximum absolute atomic E-state index is 13.5. The molecule has 0 radical (unpaired) electrons. The number of anilines is 2. The van der Waals surface area contributed by atoms with Gasteiger partial charge in [0.05, 0.1) is 12.2 Å². The van der Waals surface area contributed by atoms with Crippen LogP contribution in [0, 0.1) is 13.8 Å². The number of carbonyl (C=O) groups excluding carboxylic acids is 1. The van der Waals surface area contributed by atoms with Crippen molar-refractivity contribution in [3.05, 3.63) is 76.8 Å². The third-order valence-corrected chi connectivity index (χ3v) is 5.85. The van der Waals surface area contributed by atoms with E-state index in [-0.39, 0.29) is 5.91 Å². The summed E-state index contributed by atoms with van der Waals surface area (Å²) in [6.07, 6.45) is 3.60. The Morgan fingerprint density at radius 2 is 1.94 bits per heavy atom. The molecule has 32 heavy (non-hydrogen) atoms. The lowest BCUT2D eigenvalue weighted by Gasteiger charge is -2.29. The van der Waals surface area contributed by atoms with Gasteiger partial charge in [-0.25, -0.2) is 4.68 Å². The zero-order chi connectivity index (χ0) is 22.7. The molecule has 1 aliphatic heterocycles. The molecule has 0 saturated heterocycles. The normalized spacial score (nSPS) is 15.2. The first-order valence-corrected chi connectivity index (χ1v) is 11.0. The summed E-state index contributed by atoms with van der Waals surface area (Å²) in [6.45, 7) is 8.77. The predicted octanol–water partition coefficient (Wildman–Crippen LogP) is 5.00. The van der Waals surface area contributed by atoms with Gasteiger partial charge in [0.2, 0.25) is 5.95 Å². The molecule has 2 aromatic carbocycles. The van der Waals surface area contributed by atoms with Crippen molar-refractivity contribution in [1.29, 1.82) is 0 Å². The van der Waals surface area contributed by atoms with E-state index in [1.807, 2.05) is 63.2 Å². The van der Waals surface area contributed by atoms with Gasteiger partial charge in [0.15, 0.2) is 0 Å². The van der Waals surface area contributed by atoms with E-state index in [4.69, 9.17) is 4.74 Å². The summed E-state index contributed by atoms with van der Waals surface area (Å²) in [4.78, 5) is 17.8. The predicted molar refractivity (Wildman–Crippen MR) is 126 cm³/mol. The lowest BCUT2D eigenvalue weighted by molar-refractivity contribution is -0.113. The van der Waals surface area contributed by atoms with Gasteiger partial charge in [0.25, 0.3) is 5.91 Å². The van der Waals surface area contributed by atoms with E-state index in [0.29, 0.717) is 18.1 Å². The maximum Gasteiger partial charge on any atom is 0.255 e. The summed E-state index contributed by atoms with van der Waals surface area (Å²) in [5.41, 5.74) is 5.27. The van der Waals surface area contributed by atoms with Crippen LogP contribution in [0.5, 0.6) is 5.75 Å². The van der Waals surface area contributed by atoms with Crippen molar-refractivity contribution in [2.75, 3.05) is 17.2 Å². The quantitative estimate of drug-likeness (QED) is 0.515. The maximum atomic E-state index is 13.5. The summed E-state index contributed by atoms with van der Waals surface area (Å²) in [7, 11) is 0. The van der Waals surface area contributed by atoms with E-state index in [1.54, 1.807) is 4.68 Å². The number of amides is 1. The van der Waals surface area contributed by atoms with Crippen LogP contribution in [0.3, 0.4) is 0 Å². The van der Waals surface area contributed by atoms with Crippen LogP contribution < -0.4 is 15.4 Å². The molecule has 1 unspecified atom stereocenters. The van der Waals surface area contributed by atoms with E-state index in [2.05, 4.69) is 27.6 Å². The third-order valence-electron chi connectivity index (χ3n) is 5.85. The number of nitrogens with one attached hydrogen (secondary N) is 2. The van der Waals surface area contributed by atoms with Gasteiger partial charge in [0, 0.05) is 11.4 Å². The van der Waals surface area contributed by atoms with Crippen LogP contribution in [0.4, 0.5) is 11.6 Å². The molecule has 0 aliphatic carbocycles. The van der Waals surface area contributed by atoms with E-state index in [1.165, 1.54) is 6.33 Å². The largest absolute Gasteiger partial charge is 0.494 e. The number of hydrogen-bond donors (Lipinski definition) is 2. The summed E-state index contributed by atoms with van der Waals surface area (Å²) in [5, 5.41) is 10.7. The standard InChI is InChI=1S/C25H29N5O2/c1-5-6-14-32-20-12-10-19(11-13-20)23-22(18(4)28-25-26-15-27-30(23)25)24(31)29-21-9-7-8-16(2)17(21)3/h7-13,15,23H,5-6,14H2,1-4H3,(H,29,31)(H,26,27,28). The number of carbonyl (C=O) groups is 1. The van der Waals surface area contributed by atoms with E-state index in [9.17, 15) is 4.79 Å². The Bertz CT molecular complexity index is 1150. The molecule has 1 atom stereocenters. The number of unbranched alkanes of at least 4 members (excludes halogenated alkanes) is 1. The van der Waals surface area contributed by atoms with Crippen LogP contribution in [0.2, 0.25) is 0 Å². The molecular weight excluding hydrogens is 402 g/mol. The summed E-state index contributed by atoms with van der Waals surface area (Å²) >= 11 is 0. The second-order valence-electron chi connectivity index (χ2n) is 8.07. The number of aryl methyl sites for hydroxylation is 1. The molecule has 1 aliphatic rings. The van der Waals surface area contributed by atoms with Crippen molar-refractivity contribution in [2.24, 2.45) is 0 Å². The van der Waals surface area contributed by atoms with Crippen LogP contribution in [0.1, 0.15) is 49.4 Å². The van der Waals surface area contributed by atoms with Crippen LogP contribution in [-0.2, 0) is 4.79 Å². The minimum absolute atomic E-state index is 0.168. The van der Waals surface area contributed by atoms with E-state index < -0.39 is 6.04 Å². The number of hydrogen-bond acceptors (Lipinski definition) is 5. The van der Waals surface area contributed by atoms with Gasteiger partial charge in [-0.1, -0.05) is 37.6 Å². The summed E-state index contributed by atoms with van der Waals surface area (Å²) in [6, 6.07) is 13.4. The second kappa shape index (κ2) is 9.26. The van der Waals surface area contributed by atoms with Crippen LogP contribution >= 0.6 is 0 Å². The molecule has 1 aromatic heterocycles. The van der Waals surface area contributed by atoms with Crippen LogP contribution in [-0.4, -0.2) is 27.3 Å². The molecule has 7 heteroatoms. The minimum atomic E-state index is -0.399. The van der Waals surface area contributed by atoms with Crippen molar-refractivity contribution in [3.8, 4) is 5.75 Å². The topological polar surface area (TPSA) is 81.1 Å². The molecule has 7 nitrogen and oxygen atoms in total. The van der Waals surface area contributed by atoms with Crippen molar-refractivity contribution < 1.29 is 9.53 Å². The monoisotopic (exact) mass is 431 g/mol. The van der Waals surface area contributed by atoms with Crippen LogP contribution in [0.25, 0.3) is 0 Å². The first-order valence-electron chi connectivity index (χ1n) is 11.0. The zero-order valence-corrected chi connectivity index (χ0v) is 19.0. The molecule has 0 saturated carbocycles.